The first-order valence-corrected chi connectivity index (χ1v) is 11.7. The van der Waals surface area contributed by atoms with Gasteiger partial charge in [0.1, 0.15) is 0 Å². The van der Waals surface area contributed by atoms with Gasteiger partial charge in [0.05, 0.1) is 11.6 Å². The second kappa shape index (κ2) is 10.4. The summed E-state index contributed by atoms with van der Waals surface area (Å²) in [5.74, 6) is 0.637. The van der Waals surface area contributed by atoms with Gasteiger partial charge in [0.15, 0.2) is 0 Å². The van der Waals surface area contributed by atoms with Crippen molar-refractivity contribution in [3.05, 3.63) is 65.5 Å². The van der Waals surface area contributed by atoms with Gasteiger partial charge in [-0.05, 0) is 48.4 Å². The zero-order valence-electron chi connectivity index (χ0n) is 19.0. The van der Waals surface area contributed by atoms with Crippen LogP contribution in [-0.2, 0) is 9.59 Å². The van der Waals surface area contributed by atoms with Crippen LogP contribution in [0.3, 0.4) is 0 Å². The molecule has 1 aromatic rings. The lowest BCUT2D eigenvalue weighted by atomic mass is 9.79. The van der Waals surface area contributed by atoms with Crippen LogP contribution in [0.2, 0.25) is 0 Å². The van der Waals surface area contributed by atoms with E-state index >= 15 is 0 Å². The number of carbonyl (C=O) groups excluding carboxylic acids is 2. The van der Waals surface area contributed by atoms with Crippen molar-refractivity contribution in [2.75, 3.05) is 26.2 Å². The molecule has 0 radical (unpaired) electrons. The lowest BCUT2D eigenvalue weighted by Gasteiger charge is -2.38. The second-order valence-electron chi connectivity index (χ2n) is 8.90. The Hall–Kier alpha value is -3.53. The van der Waals surface area contributed by atoms with Crippen molar-refractivity contribution in [2.45, 2.75) is 32.2 Å². The molecular weight excluding hydrogens is 414 g/mol. The maximum Gasteiger partial charge on any atom is 0.224 e. The first-order chi connectivity index (χ1) is 16.0. The highest BCUT2D eigenvalue weighted by molar-refractivity contribution is 5.78. The van der Waals surface area contributed by atoms with Gasteiger partial charge in [-0.1, -0.05) is 24.3 Å². The number of allylic oxidation sites excluding steroid dienone is 4. The number of nitrogens with one attached hydrogen (secondary N) is 3. The van der Waals surface area contributed by atoms with Crippen LogP contribution >= 0.6 is 0 Å². The zero-order chi connectivity index (χ0) is 23.2. The number of piperidine rings is 1. The fourth-order valence-corrected chi connectivity index (χ4v) is 4.77. The molecule has 33 heavy (non-hydrogen) atoms. The molecule has 172 valence electrons. The molecule has 0 spiro atoms. The van der Waals surface area contributed by atoms with Crippen LogP contribution in [0.1, 0.15) is 37.3 Å². The quantitative estimate of drug-likeness (QED) is 0.624. The maximum atomic E-state index is 12.4. The number of benzene rings is 1. The summed E-state index contributed by atoms with van der Waals surface area (Å²) in [7, 11) is 0. The number of carbonyl (C=O) groups is 2. The topological polar surface area (TPSA) is 97.3 Å². The molecule has 1 aromatic carbocycles. The lowest BCUT2D eigenvalue weighted by molar-refractivity contribution is -0.132. The Morgan fingerprint density at radius 1 is 1.27 bits per heavy atom. The number of fused-ring (bicyclic) bond motifs is 1. The summed E-state index contributed by atoms with van der Waals surface area (Å²) in [6.07, 6.45) is 10.9. The fraction of sp³-hybridized carbons (Fsp3) is 0.423. The molecule has 1 aliphatic carbocycles. The Labute approximate surface area is 195 Å². The molecule has 7 heteroatoms. The number of rotatable bonds is 6. The Balaban J connectivity index is 1.41. The summed E-state index contributed by atoms with van der Waals surface area (Å²) in [6, 6.07) is 10.3. The average molecular weight is 446 g/mol. The minimum Gasteiger partial charge on any atom is -0.390 e. The summed E-state index contributed by atoms with van der Waals surface area (Å²) in [6.45, 7) is 4.18. The molecule has 2 amide bonds. The zero-order valence-corrected chi connectivity index (χ0v) is 19.0. The predicted octanol–water partition coefficient (Wildman–Crippen LogP) is 2.30. The summed E-state index contributed by atoms with van der Waals surface area (Å²) >= 11 is 0. The van der Waals surface area contributed by atoms with Crippen molar-refractivity contribution in [2.24, 2.45) is 11.8 Å². The van der Waals surface area contributed by atoms with Crippen molar-refractivity contribution in [3.8, 4) is 6.07 Å². The van der Waals surface area contributed by atoms with E-state index in [0.717, 1.165) is 43.6 Å². The van der Waals surface area contributed by atoms with E-state index in [4.69, 9.17) is 0 Å². The Kier molecular flexibility index (Phi) is 7.13. The van der Waals surface area contributed by atoms with Gasteiger partial charge < -0.3 is 20.9 Å². The molecule has 2 heterocycles. The highest BCUT2D eigenvalue weighted by Crippen LogP contribution is 2.35. The third kappa shape index (κ3) is 5.64. The molecule has 0 saturated carbocycles. The van der Waals surface area contributed by atoms with Crippen LogP contribution in [-0.4, -0.2) is 48.9 Å². The fourth-order valence-electron chi connectivity index (χ4n) is 4.77. The van der Waals surface area contributed by atoms with Crippen LogP contribution in [0.25, 0.3) is 5.57 Å². The van der Waals surface area contributed by atoms with Crippen LogP contribution in [0, 0.1) is 23.2 Å². The van der Waals surface area contributed by atoms with Gasteiger partial charge in [0.2, 0.25) is 11.8 Å². The molecule has 1 fully saturated rings. The first-order valence-electron chi connectivity index (χ1n) is 11.7. The highest BCUT2D eigenvalue weighted by atomic mass is 16.2. The Morgan fingerprint density at radius 3 is 2.85 bits per heavy atom. The SMILES string of the molecule is CC(=O)NCCC(=O)N1CCC(NC2=CC(c3cccc(C#N)c3)=CC3C=CNCC23)CC1. The largest absolute Gasteiger partial charge is 0.390 e. The lowest BCUT2D eigenvalue weighted by Crippen LogP contribution is -2.47. The van der Waals surface area contributed by atoms with Crippen molar-refractivity contribution < 1.29 is 9.59 Å². The number of hydrogen-bond acceptors (Lipinski definition) is 5. The van der Waals surface area contributed by atoms with Gasteiger partial charge in [0.25, 0.3) is 0 Å². The summed E-state index contributed by atoms with van der Waals surface area (Å²) in [5, 5.41) is 19.1. The maximum absolute atomic E-state index is 12.4. The van der Waals surface area contributed by atoms with Gasteiger partial charge in [-0.2, -0.15) is 5.26 Å². The number of nitriles is 1. The van der Waals surface area contributed by atoms with E-state index in [1.54, 1.807) is 0 Å². The van der Waals surface area contributed by atoms with Crippen molar-refractivity contribution in [3.63, 3.8) is 0 Å². The summed E-state index contributed by atoms with van der Waals surface area (Å²) in [4.78, 5) is 25.3. The Morgan fingerprint density at radius 2 is 2.09 bits per heavy atom. The van der Waals surface area contributed by atoms with E-state index in [9.17, 15) is 14.9 Å². The van der Waals surface area contributed by atoms with Gasteiger partial charge in [-0.15, -0.1) is 0 Å². The standard InChI is InChI=1S/C26H31N5O2/c1-18(32)29-10-6-26(33)31-11-7-23(8-12-31)30-25-15-22(14-21-5-9-28-17-24(21)25)20-4-2-3-19(13-20)16-27/h2-5,9,13-15,21,23-24,28,30H,6-8,10-12,17H2,1H3,(H,29,32). The second-order valence-corrected chi connectivity index (χ2v) is 8.90. The molecule has 0 aromatic heterocycles. The van der Waals surface area contributed by atoms with E-state index in [1.807, 2.05) is 29.3 Å². The molecular formula is C26H31N5O2. The first kappa shape index (κ1) is 22.7. The average Bonchev–Trinajstić information content (AvgIpc) is 2.84. The molecule has 4 rings (SSSR count). The van der Waals surface area contributed by atoms with Crippen LogP contribution < -0.4 is 16.0 Å². The van der Waals surface area contributed by atoms with Crippen LogP contribution in [0.15, 0.2) is 54.4 Å². The summed E-state index contributed by atoms with van der Waals surface area (Å²) < 4.78 is 0. The van der Waals surface area contributed by atoms with E-state index in [0.29, 0.717) is 36.4 Å². The number of hydrogen-bond donors (Lipinski definition) is 3. The third-order valence-corrected chi connectivity index (χ3v) is 6.58. The molecule has 2 unspecified atom stereocenters. The normalized spacial score (nSPS) is 22.2. The van der Waals surface area contributed by atoms with E-state index < -0.39 is 0 Å². The molecule has 1 saturated heterocycles. The predicted molar refractivity (Wildman–Crippen MR) is 127 cm³/mol. The molecule has 7 nitrogen and oxygen atoms in total. The van der Waals surface area contributed by atoms with Gasteiger partial charge in [-0.25, -0.2) is 0 Å². The highest BCUT2D eigenvalue weighted by Gasteiger charge is 2.30. The minimum absolute atomic E-state index is 0.100. The van der Waals surface area contributed by atoms with Crippen LogP contribution in [0.5, 0.6) is 0 Å². The van der Waals surface area contributed by atoms with Gasteiger partial charge in [-0.3, -0.25) is 9.59 Å². The number of amides is 2. The molecule has 2 atom stereocenters. The van der Waals surface area contributed by atoms with E-state index in [1.165, 1.54) is 12.6 Å². The molecule has 0 bridgehead atoms. The van der Waals surface area contributed by atoms with Gasteiger partial charge in [0, 0.05) is 63.1 Å². The minimum atomic E-state index is -0.107. The summed E-state index contributed by atoms with van der Waals surface area (Å²) in [5.41, 5.74) is 4.06. The number of likely N-dealkylation sites (tertiary alicyclic amines) is 1. The molecule has 3 N–H and O–H groups in total. The smallest absolute Gasteiger partial charge is 0.224 e. The third-order valence-electron chi connectivity index (χ3n) is 6.58. The number of nitrogens with zero attached hydrogens (tertiary/aromatic N) is 2. The van der Waals surface area contributed by atoms with Gasteiger partial charge >= 0.3 is 0 Å². The van der Waals surface area contributed by atoms with E-state index in [2.05, 4.69) is 46.3 Å². The van der Waals surface area contributed by atoms with Crippen LogP contribution in [0.4, 0.5) is 0 Å². The van der Waals surface area contributed by atoms with Crippen molar-refractivity contribution in [1.29, 1.82) is 5.26 Å². The molecule has 2 aliphatic heterocycles. The van der Waals surface area contributed by atoms with E-state index in [-0.39, 0.29) is 11.8 Å². The molecule has 3 aliphatic rings. The monoisotopic (exact) mass is 445 g/mol. The Bertz CT molecular complexity index is 1030. The van der Waals surface area contributed by atoms with Crippen molar-refractivity contribution >= 4 is 17.4 Å². The van der Waals surface area contributed by atoms with Crippen molar-refractivity contribution in [1.82, 2.24) is 20.9 Å².